The van der Waals surface area contributed by atoms with Crippen LogP contribution in [-0.4, -0.2) is 67.5 Å². The first kappa shape index (κ1) is 25.4. The number of likely N-dealkylation sites (N-methyl/N-ethyl adjacent to an activating group) is 1. The highest BCUT2D eigenvalue weighted by Gasteiger charge is 2.29. The summed E-state index contributed by atoms with van der Waals surface area (Å²) in [6, 6.07) is 23.6. The van der Waals surface area contributed by atoms with Gasteiger partial charge in [-0.2, -0.15) is 0 Å². The van der Waals surface area contributed by atoms with Crippen LogP contribution < -0.4 is 10.1 Å². The number of carbonyl (C=O) groups excluding carboxylic acids is 2. The van der Waals surface area contributed by atoms with E-state index in [1.54, 1.807) is 23.1 Å². The fourth-order valence-electron chi connectivity index (χ4n) is 4.00. The van der Waals surface area contributed by atoms with Gasteiger partial charge >= 0.3 is 0 Å². The normalized spacial score (nSPS) is 14.8. The van der Waals surface area contributed by atoms with E-state index in [0.29, 0.717) is 36.8 Å². The summed E-state index contributed by atoms with van der Waals surface area (Å²) >= 11 is 0. The van der Waals surface area contributed by atoms with E-state index in [1.165, 1.54) is 0 Å². The quantitative estimate of drug-likeness (QED) is 0.496. The summed E-state index contributed by atoms with van der Waals surface area (Å²) in [7, 11) is 2.04. The number of ether oxygens (including phenoxy) is 2. The van der Waals surface area contributed by atoms with Crippen LogP contribution in [-0.2, 0) is 16.1 Å². The Kier molecular flexibility index (Phi) is 8.71. The van der Waals surface area contributed by atoms with Gasteiger partial charge in [-0.25, -0.2) is 0 Å². The average molecular weight is 488 g/mol. The van der Waals surface area contributed by atoms with Crippen LogP contribution in [0.1, 0.15) is 21.5 Å². The highest BCUT2D eigenvalue weighted by Crippen LogP contribution is 2.25. The third-order valence-electron chi connectivity index (χ3n) is 6.19. The van der Waals surface area contributed by atoms with Crippen molar-refractivity contribution in [3.63, 3.8) is 0 Å². The van der Waals surface area contributed by atoms with E-state index < -0.39 is 6.04 Å². The SMILES string of the molecule is Cc1ccc(Oc2ccccc2C(=O)N[C@H](COCc2ccccc2)C(=O)N2CCN(C)CC2)cc1. The molecule has 0 aliphatic carbocycles. The lowest BCUT2D eigenvalue weighted by atomic mass is 10.1. The third kappa shape index (κ3) is 6.93. The largest absolute Gasteiger partial charge is 0.457 e. The molecule has 1 heterocycles. The number of hydrogen-bond donors (Lipinski definition) is 1. The van der Waals surface area contributed by atoms with Crippen LogP contribution in [0.15, 0.2) is 78.9 Å². The fourth-order valence-corrected chi connectivity index (χ4v) is 4.00. The van der Waals surface area contributed by atoms with Gasteiger partial charge in [-0.15, -0.1) is 0 Å². The molecule has 3 aromatic carbocycles. The summed E-state index contributed by atoms with van der Waals surface area (Å²) < 4.78 is 11.9. The standard InChI is InChI=1S/C29H33N3O4/c1-22-12-14-24(15-13-22)36-27-11-7-6-10-25(27)28(33)30-26(21-35-20-23-8-4-3-5-9-23)29(34)32-18-16-31(2)17-19-32/h3-15,26H,16-21H2,1-2H3,(H,30,33)/t26-/m1/s1. The molecule has 4 rings (SSSR count). The van der Waals surface area contributed by atoms with Gasteiger partial charge in [0.15, 0.2) is 0 Å². The van der Waals surface area contributed by atoms with E-state index in [1.807, 2.05) is 74.6 Å². The van der Waals surface area contributed by atoms with Crippen LogP contribution in [0.25, 0.3) is 0 Å². The second-order valence-electron chi connectivity index (χ2n) is 9.07. The summed E-state index contributed by atoms with van der Waals surface area (Å²) in [6.45, 7) is 5.27. The van der Waals surface area contributed by atoms with Crippen molar-refractivity contribution in [1.82, 2.24) is 15.1 Å². The van der Waals surface area contributed by atoms with E-state index in [2.05, 4.69) is 10.2 Å². The van der Waals surface area contributed by atoms with Crippen LogP contribution in [0.3, 0.4) is 0 Å². The van der Waals surface area contributed by atoms with Crippen LogP contribution in [0.5, 0.6) is 11.5 Å². The molecule has 0 aromatic heterocycles. The molecular formula is C29H33N3O4. The van der Waals surface area contributed by atoms with Crippen molar-refractivity contribution in [3.05, 3.63) is 95.6 Å². The number of rotatable bonds is 9. The molecule has 1 aliphatic heterocycles. The van der Waals surface area contributed by atoms with Crippen molar-refractivity contribution < 1.29 is 19.1 Å². The molecule has 7 heteroatoms. The van der Waals surface area contributed by atoms with Crippen molar-refractivity contribution in [3.8, 4) is 11.5 Å². The Balaban J connectivity index is 1.48. The number of aryl methyl sites for hydroxylation is 1. The number of nitrogens with one attached hydrogen (secondary N) is 1. The van der Waals surface area contributed by atoms with Crippen molar-refractivity contribution in [1.29, 1.82) is 0 Å². The molecule has 36 heavy (non-hydrogen) atoms. The van der Waals surface area contributed by atoms with Crippen molar-refractivity contribution in [2.24, 2.45) is 0 Å². The van der Waals surface area contributed by atoms with E-state index in [-0.39, 0.29) is 18.4 Å². The molecule has 1 aliphatic rings. The van der Waals surface area contributed by atoms with Gasteiger partial charge in [0.2, 0.25) is 5.91 Å². The fraction of sp³-hybridized carbons (Fsp3) is 0.310. The summed E-state index contributed by atoms with van der Waals surface area (Å²) in [5.41, 5.74) is 2.48. The number of para-hydroxylation sites is 1. The Morgan fingerprint density at radius 2 is 1.56 bits per heavy atom. The zero-order chi connectivity index (χ0) is 25.3. The van der Waals surface area contributed by atoms with Gasteiger partial charge in [-0.3, -0.25) is 9.59 Å². The molecule has 3 aromatic rings. The van der Waals surface area contributed by atoms with Gasteiger partial charge in [-0.1, -0.05) is 60.2 Å². The number of carbonyl (C=O) groups is 2. The van der Waals surface area contributed by atoms with E-state index >= 15 is 0 Å². The van der Waals surface area contributed by atoms with Crippen molar-refractivity contribution >= 4 is 11.8 Å². The minimum atomic E-state index is -0.808. The smallest absolute Gasteiger partial charge is 0.255 e. The van der Waals surface area contributed by atoms with Crippen LogP contribution in [0, 0.1) is 6.92 Å². The number of benzene rings is 3. The lowest BCUT2D eigenvalue weighted by molar-refractivity contribution is -0.136. The first-order valence-corrected chi connectivity index (χ1v) is 12.2. The predicted octanol–water partition coefficient (Wildman–Crippen LogP) is 3.88. The summed E-state index contributed by atoms with van der Waals surface area (Å²) in [6.07, 6.45) is 0. The Hall–Kier alpha value is -3.68. The zero-order valence-electron chi connectivity index (χ0n) is 20.9. The number of hydrogen-bond acceptors (Lipinski definition) is 5. The summed E-state index contributed by atoms with van der Waals surface area (Å²) in [5.74, 6) is 0.543. The third-order valence-corrected chi connectivity index (χ3v) is 6.19. The molecule has 1 saturated heterocycles. The lowest BCUT2D eigenvalue weighted by Crippen LogP contribution is -2.55. The molecule has 0 spiro atoms. The molecule has 7 nitrogen and oxygen atoms in total. The molecule has 0 radical (unpaired) electrons. The predicted molar refractivity (Wildman–Crippen MR) is 139 cm³/mol. The topological polar surface area (TPSA) is 71.1 Å². The molecule has 1 fully saturated rings. The number of amides is 2. The molecule has 0 bridgehead atoms. The van der Waals surface area contributed by atoms with E-state index in [9.17, 15) is 9.59 Å². The van der Waals surface area contributed by atoms with Gasteiger partial charge in [0.1, 0.15) is 17.5 Å². The summed E-state index contributed by atoms with van der Waals surface area (Å²) in [5, 5.41) is 2.91. The molecule has 1 atom stereocenters. The highest BCUT2D eigenvalue weighted by molar-refractivity contribution is 5.99. The van der Waals surface area contributed by atoms with Gasteiger partial charge in [0, 0.05) is 26.2 Å². The minimum Gasteiger partial charge on any atom is -0.457 e. The van der Waals surface area contributed by atoms with Crippen LogP contribution in [0.4, 0.5) is 0 Å². The Morgan fingerprint density at radius 3 is 2.28 bits per heavy atom. The van der Waals surface area contributed by atoms with Crippen molar-refractivity contribution in [2.45, 2.75) is 19.6 Å². The lowest BCUT2D eigenvalue weighted by Gasteiger charge is -2.34. The Labute approximate surface area is 212 Å². The zero-order valence-corrected chi connectivity index (χ0v) is 20.9. The first-order valence-electron chi connectivity index (χ1n) is 12.2. The van der Waals surface area contributed by atoms with Gasteiger partial charge in [0.25, 0.3) is 5.91 Å². The van der Waals surface area contributed by atoms with Gasteiger partial charge in [-0.05, 0) is 43.8 Å². The number of piperazine rings is 1. The summed E-state index contributed by atoms with van der Waals surface area (Å²) in [4.78, 5) is 30.8. The number of nitrogens with zero attached hydrogens (tertiary/aromatic N) is 2. The second-order valence-corrected chi connectivity index (χ2v) is 9.07. The average Bonchev–Trinajstić information content (AvgIpc) is 2.90. The molecule has 188 valence electrons. The minimum absolute atomic E-state index is 0.0762. The van der Waals surface area contributed by atoms with Crippen LogP contribution in [0.2, 0.25) is 0 Å². The maximum absolute atomic E-state index is 13.4. The van der Waals surface area contributed by atoms with E-state index in [0.717, 1.165) is 24.2 Å². The maximum atomic E-state index is 13.4. The van der Waals surface area contributed by atoms with Crippen LogP contribution >= 0.6 is 0 Å². The molecular weight excluding hydrogens is 454 g/mol. The molecule has 0 unspecified atom stereocenters. The molecule has 0 saturated carbocycles. The monoisotopic (exact) mass is 487 g/mol. The Bertz CT molecular complexity index is 1140. The van der Waals surface area contributed by atoms with Crippen molar-refractivity contribution in [2.75, 3.05) is 39.8 Å². The second kappa shape index (κ2) is 12.3. The molecule has 1 N–H and O–H groups in total. The first-order chi connectivity index (χ1) is 17.5. The Morgan fingerprint density at radius 1 is 0.889 bits per heavy atom. The van der Waals surface area contributed by atoms with Gasteiger partial charge in [0.05, 0.1) is 18.8 Å². The van der Waals surface area contributed by atoms with E-state index in [4.69, 9.17) is 9.47 Å². The highest BCUT2D eigenvalue weighted by atomic mass is 16.5. The maximum Gasteiger partial charge on any atom is 0.255 e. The van der Waals surface area contributed by atoms with Gasteiger partial charge < -0.3 is 24.6 Å². The molecule has 2 amide bonds.